The van der Waals surface area contributed by atoms with Crippen molar-refractivity contribution in [3.05, 3.63) is 0 Å². The summed E-state index contributed by atoms with van der Waals surface area (Å²) in [6, 6.07) is 0.432. The van der Waals surface area contributed by atoms with E-state index in [0.29, 0.717) is 17.9 Å². The monoisotopic (exact) mass is 281 g/mol. The fourth-order valence-corrected chi connectivity index (χ4v) is 3.43. The van der Waals surface area contributed by atoms with Crippen LogP contribution in [0.3, 0.4) is 0 Å². The van der Waals surface area contributed by atoms with Gasteiger partial charge in [-0.2, -0.15) is 0 Å². The lowest BCUT2D eigenvalue weighted by molar-refractivity contribution is 0.222. The van der Waals surface area contributed by atoms with Gasteiger partial charge in [0.1, 0.15) is 0 Å². The van der Waals surface area contributed by atoms with E-state index in [0.717, 1.165) is 32.5 Å². The summed E-state index contributed by atoms with van der Waals surface area (Å²) in [4.78, 5) is 12.0. The molecule has 0 aromatic carbocycles. The first-order valence-electron chi connectivity index (χ1n) is 8.51. The van der Waals surface area contributed by atoms with Gasteiger partial charge in [0.25, 0.3) is 0 Å². The summed E-state index contributed by atoms with van der Waals surface area (Å²) in [5.41, 5.74) is 0. The Morgan fingerprint density at radius 2 is 1.80 bits per heavy atom. The third kappa shape index (κ3) is 5.31. The highest BCUT2D eigenvalue weighted by Crippen LogP contribution is 2.18. The maximum atomic E-state index is 12.0. The van der Waals surface area contributed by atoms with E-state index in [1.165, 1.54) is 38.5 Å². The van der Waals surface area contributed by atoms with Crippen molar-refractivity contribution in [1.29, 1.82) is 0 Å². The second kappa shape index (κ2) is 8.50. The van der Waals surface area contributed by atoms with Crippen LogP contribution in [0.4, 0.5) is 4.79 Å². The number of amides is 2. The van der Waals surface area contributed by atoms with Crippen LogP contribution >= 0.6 is 0 Å². The Morgan fingerprint density at radius 3 is 2.50 bits per heavy atom. The van der Waals surface area contributed by atoms with Gasteiger partial charge in [-0.3, -0.25) is 0 Å². The number of carbonyl (C=O) groups excluding carboxylic acids is 1. The van der Waals surface area contributed by atoms with Gasteiger partial charge in [0.2, 0.25) is 0 Å². The Labute approximate surface area is 123 Å². The van der Waals surface area contributed by atoms with Crippen molar-refractivity contribution in [3.63, 3.8) is 0 Å². The third-order valence-electron chi connectivity index (χ3n) is 4.93. The Morgan fingerprint density at radius 1 is 1.10 bits per heavy atom. The quantitative estimate of drug-likeness (QED) is 0.745. The summed E-state index contributed by atoms with van der Waals surface area (Å²) in [7, 11) is 0. The van der Waals surface area contributed by atoms with E-state index < -0.39 is 0 Å². The van der Waals surface area contributed by atoms with Crippen molar-refractivity contribution in [3.8, 4) is 0 Å². The van der Waals surface area contributed by atoms with Crippen LogP contribution in [0.2, 0.25) is 0 Å². The molecule has 1 aliphatic heterocycles. The summed E-state index contributed by atoms with van der Waals surface area (Å²) in [6.45, 7) is 5.25. The normalized spacial score (nSPS) is 29.2. The molecular formula is C16H31N3O. The van der Waals surface area contributed by atoms with Crippen molar-refractivity contribution in [2.45, 2.75) is 64.3 Å². The van der Waals surface area contributed by atoms with E-state index >= 15 is 0 Å². The molecule has 2 rings (SSSR count). The molecule has 0 bridgehead atoms. The van der Waals surface area contributed by atoms with E-state index in [2.05, 4.69) is 22.9 Å². The molecule has 1 heterocycles. The largest absolute Gasteiger partial charge is 0.338 e. The molecule has 1 saturated carbocycles. The molecule has 2 fully saturated rings. The second-order valence-corrected chi connectivity index (χ2v) is 6.63. The standard InChI is InChI=1S/C16H31N3O/c1-13-11-17-10-9-14(13)12-18-16(20)19-15-7-5-3-2-4-6-8-15/h13-15,17H,2-12H2,1H3,(H2,18,19,20). The van der Waals surface area contributed by atoms with Gasteiger partial charge in [0.15, 0.2) is 0 Å². The van der Waals surface area contributed by atoms with Crippen LogP contribution in [0.25, 0.3) is 0 Å². The summed E-state index contributed by atoms with van der Waals surface area (Å²) in [6.07, 6.45) is 10.0. The predicted molar refractivity (Wildman–Crippen MR) is 82.8 cm³/mol. The number of carbonyl (C=O) groups is 1. The molecule has 4 nitrogen and oxygen atoms in total. The van der Waals surface area contributed by atoms with E-state index in [9.17, 15) is 4.79 Å². The minimum absolute atomic E-state index is 0.0429. The molecule has 2 amide bonds. The Hall–Kier alpha value is -0.770. The van der Waals surface area contributed by atoms with E-state index in [4.69, 9.17) is 0 Å². The topological polar surface area (TPSA) is 53.2 Å². The molecule has 116 valence electrons. The molecule has 0 aromatic rings. The lowest BCUT2D eigenvalue weighted by atomic mass is 9.88. The van der Waals surface area contributed by atoms with Crippen LogP contribution in [0.15, 0.2) is 0 Å². The van der Waals surface area contributed by atoms with Crippen molar-refractivity contribution in [2.75, 3.05) is 19.6 Å². The van der Waals surface area contributed by atoms with Crippen LogP contribution in [0.1, 0.15) is 58.3 Å². The average Bonchev–Trinajstić information content (AvgIpc) is 2.41. The van der Waals surface area contributed by atoms with Crippen LogP contribution in [-0.4, -0.2) is 31.7 Å². The third-order valence-corrected chi connectivity index (χ3v) is 4.93. The highest BCUT2D eigenvalue weighted by atomic mass is 16.2. The second-order valence-electron chi connectivity index (χ2n) is 6.63. The number of hydrogen-bond acceptors (Lipinski definition) is 2. The van der Waals surface area contributed by atoms with Crippen molar-refractivity contribution in [1.82, 2.24) is 16.0 Å². The molecule has 1 aliphatic carbocycles. The highest BCUT2D eigenvalue weighted by Gasteiger charge is 2.21. The molecule has 2 aliphatic rings. The molecule has 2 unspecified atom stereocenters. The van der Waals surface area contributed by atoms with Crippen LogP contribution in [-0.2, 0) is 0 Å². The minimum atomic E-state index is 0.0429. The molecule has 0 radical (unpaired) electrons. The Bertz CT molecular complexity index is 287. The van der Waals surface area contributed by atoms with Gasteiger partial charge < -0.3 is 16.0 Å². The Balaban J connectivity index is 1.65. The predicted octanol–water partition coefficient (Wildman–Crippen LogP) is 2.64. The molecule has 3 N–H and O–H groups in total. The van der Waals surface area contributed by atoms with Gasteiger partial charge in [0, 0.05) is 12.6 Å². The summed E-state index contributed by atoms with van der Waals surface area (Å²) in [5.74, 6) is 1.28. The first-order valence-corrected chi connectivity index (χ1v) is 8.51. The summed E-state index contributed by atoms with van der Waals surface area (Å²) >= 11 is 0. The molecular weight excluding hydrogens is 250 g/mol. The molecule has 0 aromatic heterocycles. The number of urea groups is 1. The minimum Gasteiger partial charge on any atom is -0.338 e. The van der Waals surface area contributed by atoms with Crippen LogP contribution < -0.4 is 16.0 Å². The maximum absolute atomic E-state index is 12.0. The fraction of sp³-hybridized carbons (Fsp3) is 0.938. The highest BCUT2D eigenvalue weighted by molar-refractivity contribution is 5.74. The van der Waals surface area contributed by atoms with Gasteiger partial charge >= 0.3 is 6.03 Å². The zero-order valence-electron chi connectivity index (χ0n) is 12.9. The maximum Gasteiger partial charge on any atom is 0.315 e. The van der Waals surface area contributed by atoms with E-state index in [1.807, 2.05) is 0 Å². The molecule has 4 heteroatoms. The zero-order valence-corrected chi connectivity index (χ0v) is 12.9. The molecule has 1 saturated heterocycles. The lowest BCUT2D eigenvalue weighted by Crippen LogP contribution is -2.46. The number of hydrogen-bond donors (Lipinski definition) is 3. The Kier molecular flexibility index (Phi) is 6.64. The molecule has 0 spiro atoms. The molecule has 2 atom stereocenters. The number of rotatable bonds is 3. The zero-order chi connectivity index (χ0) is 14.2. The lowest BCUT2D eigenvalue weighted by Gasteiger charge is -2.30. The summed E-state index contributed by atoms with van der Waals surface area (Å²) < 4.78 is 0. The smallest absolute Gasteiger partial charge is 0.315 e. The van der Waals surface area contributed by atoms with Crippen LogP contribution in [0.5, 0.6) is 0 Å². The first-order chi connectivity index (χ1) is 9.75. The first kappa shape index (κ1) is 15.6. The van der Waals surface area contributed by atoms with E-state index in [-0.39, 0.29) is 6.03 Å². The van der Waals surface area contributed by atoms with Crippen molar-refractivity contribution >= 4 is 6.03 Å². The van der Waals surface area contributed by atoms with Crippen molar-refractivity contribution < 1.29 is 4.79 Å². The summed E-state index contributed by atoms with van der Waals surface area (Å²) in [5, 5.41) is 9.67. The number of nitrogens with one attached hydrogen (secondary N) is 3. The van der Waals surface area contributed by atoms with Gasteiger partial charge in [-0.05, 0) is 44.2 Å². The van der Waals surface area contributed by atoms with Gasteiger partial charge in [-0.25, -0.2) is 4.79 Å². The fourth-order valence-electron chi connectivity index (χ4n) is 3.43. The van der Waals surface area contributed by atoms with Gasteiger partial charge in [-0.15, -0.1) is 0 Å². The molecule has 20 heavy (non-hydrogen) atoms. The van der Waals surface area contributed by atoms with E-state index in [1.54, 1.807) is 0 Å². The van der Waals surface area contributed by atoms with Crippen molar-refractivity contribution in [2.24, 2.45) is 11.8 Å². The van der Waals surface area contributed by atoms with Crippen LogP contribution in [0, 0.1) is 11.8 Å². The van der Waals surface area contributed by atoms with Gasteiger partial charge in [-0.1, -0.05) is 39.0 Å². The average molecular weight is 281 g/mol. The van der Waals surface area contributed by atoms with Gasteiger partial charge in [0.05, 0.1) is 0 Å². The SMILES string of the molecule is CC1CNCCC1CNC(=O)NC1CCCCCCC1. The number of piperidine rings is 1.